The van der Waals surface area contributed by atoms with E-state index in [1.807, 2.05) is 0 Å². The summed E-state index contributed by atoms with van der Waals surface area (Å²) in [6, 6.07) is 6.17. The lowest BCUT2D eigenvalue weighted by Crippen LogP contribution is -2.46. The van der Waals surface area contributed by atoms with Gasteiger partial charge in [0.05, 0.1) is 19.5 Å². The van der Waals surface area contributed by atoms with Crippen LogP contribution in [0, 0.1) is 5.41 Å². The molecule has 25 nitrogen and oxygen atoms in total. The van der Waals surface area contributed by atoms with Crippen LogP contribution < -0.4 is 16.4 Å². The fraction of sp³-hybridized carbons (Fsp3) is 0.517. The lowest BCUT2D eigenvalue weighted by atomic mass is 9.87. The molecule has 3 heterocycles. The van der Waals surface area contributed by atoms with Gasteiger partial charge >= 0.3 is 23.5 Å². The number of rotatable bonds is 21. The Bertz CT molecular complexity index is 2070. The molecular weight excluding hydrogens is 859 g/mol. The summed E-state index contributed by atoms with van der Waals surface area (Å²) in [5.74, 6) is -1.15. The van der Waals surface area contributed by atoms with Gasteiger partial charge in [-0.05, 0) is 17.7 Å². The number of thioether (sulfide) groups is 1. The molecule has 322 valence electrons. The molecule has 7 atom stereocenters. The van der Waals surface area contributed by atoms with Crippen molar-refractivity contribution >= 4 is 69.1 Å². The lowest BCUT2D eigenvalue weighted by Gasteiger charge is -2.30. The number of phenols is 1. The lowest BCUT2D eigenvalue weighted by molar-refractivity contribution is -0.137. The summed E-state index contributed by atoms with van der Waals surface area (Å²) in [5, 5.41) is 35.5. The van der Waals surface area contributed by atoms with Gasteiger partial charge in [0.2, 0.25) is 11.8 Å². The highest BCUT2D eigenvalue weighted by Crippen LogP contribution is 2.61. The van der Waals surface area contributed by atoms with Crippen molar-refractivity contribution in [2.75, 3.05) is 37.8 Å². The Labute approximate surface area is 333 Å². The summed E-state index contributed by atoms with van der Waals surface area (Å²) >= 11 is 1.01. The smallest absolute Gasteiger partial charge is 0.481 e. The summed E-state index contributed by atoms with van der Waals surface area (Å²) in [7, 11) is -16.4. The monoisotopic (exact) mass is 901 g/mol. The van der Waals surface area contributed by atoms with E-state index in [4.69, 9.17) is 19.5 Å². The van der Waals surface area contributed by atoms with Crippen molar-refractivity contribution in [1.29, 1.82) is 0 Å². The Balaban J connectivity index is 1.21. The van der Waals surface area contributed by atoms with E-state index in [0.717, 1.165) is 34.5 Å². The molecule has 58 heavy (non-hydrogen) atoms. The molecule has 0 radical (unpaired) electrons. The molecule has 2 aromatic heterocycles. The van der Waals surface area contributed by atoms with Crippen LogP contribution in [-0.2, 0) is 57.1 Å². The van der Waals surface area contributed by atoms with Gasteiger partial charge in [-0.25, -0.2) is 28.6 Å². The first-order valence-electron chi connectivity index (χ1n) is 16.8. The number of aromatic nitrogens is 4. The van der Waals surface area contributed by atoms with Crippen molar-refractivity contribution in [2.45, 2.75) is 57.3 Å². The van der Waals surface area contributed by atoms with E-state index in [-0.39, 0.29) is 59.5 Å². The normalized spacial score (nSPS) is 21.2. The van der Waals surface area contributed by atoms with Crippen molar-refractivity contribution in [3.05, 3.63) is 42.5 Å². The number of anilines is 1. The average Bonchev–Trinajstić information content (AvgIpc) is 3.69. The fourth-order valence-corrected chi connectivity index (χ4v) is 8.66. The summed E-state index contributed by atoms with van der Waals surface area (Å²) in [6.07, 6.45) is -6.86. The van der Waals surface area contributed by atoms with Crippen LogP contribution in [0.25, 0.3) is 11.2 Å². The van der Waals surface area contributed by atoms with Crippen LogP contribution >= 0.6 is 35.2 Å². The Kier molecular flexibility index (Phi) is 16.1. The number of phosphoric acid groups is 3. The number of nitrogens with zero attached hydrogens (tertiary/aromatic N) is 4. The van der Waals surface area contributed by atoms with Gasteiger partial charge in [-0.1, -0.05) is 37.7 Å². The number of benzene rings is 1. The number of aliphatic hydroxyl groups is 2. The minimum atomic E-state index is -5.58. The number of ether oxygens (including phenoxy) is 1. The summed E-state index contributed by atoms with van der Waals surface area (Å²) < 4.78 is 62.1. The van der Waals surface area contributed by atoms with Crippen LogP contribution in [0.4, 0.5) is 5.82 Å². The maximum Gasteiger partial charge on any atom is 0.481 e. The highest BCUT2D eigenvalue weighted by molar-refractivity contribution is 8.13. The number of nitrogens with one attached hydrogen (secondary N) is 2. The maximum atomic E-state index is 12.7. The number of nitrogens with two attached hydrogens (primary N) is 1. The Morgan fingerprint density at radius 1 is 1.02 bits per heavy atom. The van der Waals surface area contributed by atoms with Crippen LogP contribution in [0.1, 0.15) is 32.1 Å². The number of hydrogen-bond acceptors (Lipinski definition) is 19. The highest BCUT2D eigenvalue weighted by Gasteiger charge is 2.50. The molecule has 1 aliphatic rings. The van der Waals surface area contributed by atoms with Gasteiger partial charge in [0, 0.05) is 37.1 Å². The molecular formula is C29H42N7O18P3S. The first-order chi connectivity index (χ1) is 27.0. The number of imidazole rings is 1. The molecule has 0 bridgehead atoms. The number of amides is 2. The second-order valence-electron chi connectivity index (χ2n) is 13.1. The standard InChI is InChI=1S/C29H42N7O18P3S/c1-29(2,24(41)27(42)32-8-7-19(38)31-9-10-58-20(39)11-16-3-5-17(37)6-4-16)13-51-57(48,49)54-56(46,47)50-12-18-23(53-55(43,44)45)22(40)28(52-18)36-15-35-21-25(30)33-14-34-26(21)36/h3-6,14-15,18,22-24,28,37,40-41H,7-13H2,1-2H3,(H,31,38)(H,32,42)(H,46,47)(H,48,49)(H2,30,33,34)(H2,43,44,45)/t18-,22-,23-,24?,28-/m1/s1. The van der Waals surface area contributed by atoms with E-state index < -0.39 is 84.6 Å². The molecule has 0 aliphatic carbocycles. The Morgan fingerprint density at radius 3 is 2.36 bits per heavy atom. The van der Waals surface area contributed by atoms with Crippen LogP contribution in [0.5, 0.6) is 5.75 Å². The third kappa shape index (κ3) is 13.8. The topological polar surface area (TPSA) is 384 Å². The molecule has 3 unspecified atom stereocenters. The number of fused-ring (bicyclic) bond motifs is 1. The van der Waals surface area contributed by atoms with Gasteiger partial charge < -0.3 is 56.0 Å². The predicted molar refractivity (Wildman–Crippen MR) is 199 cm³/mol. The number of aliphatic hydroxyl groups excluding tert-OH is 2. The Morgan fingerprint density at radius 2 is 1.69 bits per heavy atom. The van der Waals surface area contributed by atoms with Crippen molar-refractivity contribution in [3.63, 3.8) is 0 Å². The molecule has 1 saturated heterocycles. The number of carbonyl (C=O) groups is 3. The van der Waals surface area contributed by atoms with Gasteiger partial charge in [-0.15, -0.1) is 0 Å². The number of phenolic OH excluding ortho intramolecular Hbond substituents is 1. The number of hydrogen-bond donors (Lipinski definition) is 10. The number of nitrogen functional groups attached to an aromatic ring is 1. The molecule has 11 N–H and O–H groups in total. The SMILES string of the molecule is CC(C)(COP(=O)(O)OP(=O)(O)OC[C@H]1O[C@@H](n2cnc3c(N)ncnc32)[C@H](O)[C@@H]1OP(=O)(O)O)C(O)C(=O)NCCC(=O)NCCSC(=O)Cc1ccc(O)cc1. The summed E-state index contributed by atoms with van der Waals surface area (Å²) in [4.78, 5) is 87.8. The van der Waals surface area contributed by atoms with Crippen LogP contribution in [-0.4, -0.2) is 128 Å². The second-order valence-corrected chi connectivity index (χ2v) is 18.5. The van der Waals surface area contributed by atoms with E-state index in [9.17, 15) is 63.0 Å². The number of aromatic hydroxyl groups is 1. The molecule has 1 aliphatic heterocycles. The second kappa shape index (κ2) is 19.8. The maximum absolute atomic E-state index is 12.7. The van der Waals surface area contributed by atoms with E-state index >= 15 is 0 Å². The summed E-state index contributed by atoms with van der Waals surface area (Å²) in [6.45, 7) is 0.375. The van der Waals surface area contributed by atoms with Crippen LogP contribution in [0.2, 0.25) is 0 Å². The van der Waals surface area contributed by atoms with Gasteiger partial charge in [0.15, 0.2) is 22.8 Å². The van der Waals surface area contributed by atoms with E-state index in [0.29, 0.717) is 0 Å². The van der Waals surface area contributed by atoms with Gasteiger partial charge in [-0.2, -0.15) is 4.31 Å². The van der Waals surface area contributed by atoms with Crippen LogP contribution in [0.15, 0.2) is 36.9 Å². The van der Waals surface area contributed by atoms with Crippen molar-refractivity contribution in [1.82, 2.24) is 30.2 Å². The van der Waals surface area contributed by atoms with Crippen LogP contribution in [0.3, 0.4) is 0 Å². The molecule has 0 spiro atoms. The van der Waals surface area contributed by atoms with Crippen molar-refractivity contribution < 1.29 is 85.6 Å². The zero-order valence-corrected chi connectivity index (χ0v) is 34.0. The fourth-order valence-electron chi connectivity index (χ4n) is 5.13. The molecule has 1 fully saturated rings. The van der Waals surface area contributed by atoms with Gasteiger partial charge in [-0.3, -0.25) is 32.5 Å². The molecule has 2 amide bonds. The van der Waals surface area contributed by atoms with Crippen molar-refractivity contribution in [2.24, 2.45) is 5.41 Å². The zero-order valence-electron chi connectivity index (χ0n) is 30.5. The summed E-state index contributed by atoms with van der Waals surface area (Å²) in [5.41, 5.74) is 4.95. The highest BCUT2D eigenvalue weighted by atomic mass is 32.2. The average molecular weight is 902 g/mol. The first-order valence-corrected chi connectivity index (χ1v) is 22.3. The molecule has 4 rings (SSSR count). The Hall–Kier alpha value is -3.42. The largest absolute Gasteiger partial charge is 0.508 e. The molecule has 3 aromatic rings. The quantitative estimate of drug-likeness (QED) is 0.0481. The van der Waals surface area contributed by atoms with Gasteiger partial charge in [0.1, 0.15) is 42.0 Å². The third-order valence-electron chi connectivity index (χ3n) is 8.05. The number of carbonyl (C=O) groups excluding carboxylic acids is 3. The third-order valence-corrected chi connectivity index (χ3v) is 12.0. The minimum Gasteiger partial charge on any atom is -0.508 e. The van der Waals surface area contributed by atoms with Crippen molar-refractivity contribution in [3.8, 4) is 5.75 Å². The molecule has 29 heteroatoms. The predicted octanol–water partition coefficient (Wildman–Crippen LogP) is -0.387. The van der Waals surface area contributed by atoms with E-state index in [1.54, 1.807) is 12.1 Å². The van der Waals surface area contributed by atoms with E-state index in [1.165, 1.54) is 26.0 Å². The van der Waals surface area contributed by atoms with Gasteiger partial charge in [0.25, 0.3) is 0 Å². The molecule has 0 saturated carbocycles. The minimum absolute atomic E-state index is 0.0252. The van der Waals surface area contributed by atoms with E-state index in [2.05, 4.69) is 34.4 Å². The first kappa shape index (κ1) is 47.3. The zero-order chi connectivity index (χ0) is 43.1. The number of phosphoric ester groups is 3. The molecule has 1 aromatic carbocycles.